The molecular weight excluding hydrogens is 2160 g/mol. The number of primary amides is 7. The van der Waals surface area contributed by atoms with Gasteiger partial charge < -0.3 is 139 Å². The average Bonchev–Trinajstić information content (AvgIpc) is 1.60. The van der Waals surface area contributed by atoms with Crippen LogP contribution < -0.4 is 40.1 Å². The van der Waals surface area contributed by atoms with Crippen LogP contribution in [0.25, 0.3) is 31.3 Å². The van der Waals surface area contributed by atoms with E-state index in [0.717, 1.165) is 26.7 Å². The van der Waals surface area contributed by atoms with Gasteiger partial charge in [0.25, 0.3) is 41.4 Å². The maximum atomic E-state index is 12.6. The van der Waals surface area contributed by atoms with Gasteiger partial charge in [-0.25, -0.2) is 77.2 Å². The van der Waals surface area contributed by atoms with E-state index >= 15 is 0 Å². The van der Waals surface area contributed by atoms with E-state index in [-0.39, 0.29) is 52.4 Å². The number of nitrogens with zero attached hydrogens (tertiary/aromatic N) is 30. The van der Waals surface area contributed by atoms with Crippen LogP contribution in [0.5, 0.6) is 0 Å². The smallest absolute Gasteiger partial charge is 0.338 e. The second-order valence-electron chi connectivity index (χ2n) is 31.3. The van der Waals surface area contributed by atoms with Crippen molar-refractivity contribution < 1.29 is 146 Å². The first-order valence-electron chi connectivity index (χ1n) is 42.0. The van der Waals surface area contributed by atoms with Gasteiger partial charge in [0.15, 0.2) is 60.9 Å². The molecule has 0 bridgehead atoms. The van der Waals surface area contributed by atoms with Crippen molar-refractivity contribution in [2.75, 3.05) is 22.1 Å². The lowest BCUT2D eigenvalue weighted by Gasteiger charge is -2.26. The molecule has 0 spiro atoms. The van der Waals surface area contributed by atoms with Crippen LogP contribution in [0.3, 0.4) is 0 Å². The first-order chi connectivity index (χ1) is 68.8. The highest BCUT2D eigenvalue weighted by molar-refractivity contribution is 14.1. The van der Waals surface area contributed by atoms with E-state index in [1.165, 1.54) is 57.3 Å². The van der Waals surface area contributed by atoms with Crippen molar-refractivity contribution in [3.63, 3.8) is 0 Å². The summed E-state index contributed by atoms with van der Waals surface area (Å²) >= 11 is 4.08. The Labute approximate surface area is 839 Å². The molecule has 9 aromatic rings. The number of hydrogen-bond donors (Lipinski definition) is 17. The summed E-state index contributed by atoms with van der Waals surface area (Å²) < 4.78 is 63.8. The molecule has 145 heavy (non-hydrogen) atoms. The molecule has 7 aliphatic heterocycles. The standard InChI is InChI=1S/C17H19N7O4.C16H16IN7O4.C11H14N4O4.C8H11IN4O4.C8H11N7O5.C8H12N4O5.C8H10N4O4/c1-3-17(22-23-19)10(2)12(27-16(26)11-7-5-4-6-8-11)15(28-17)24-9-20-14(21-24)13(18)25;1-9-11(27-15(26)10-5-3-2-4-6-10)14(28-16(9,7-17)22-23-19)24-8-20-13(21-24)12(18)25;1-5-6(2)18-11(8(5)19-7(3)16)15-4-13-10(14-15)9(12)17;9-1-3-4(14)5(15)8(17-3)13-2-11-7(12-13)6(10)16;9-5(19)6-11-2-15(12-6)7-3(17)4(18)8(1-16,20-7)13-14-10;9-6(16)7-10-2-12(11-7)8-5(15)4(14)3(1-13)17-8;1-3-4(13)5(14)8(16-3)12-2-10-7(11-12)6(9)15/h4-10,12,15H,3H2,1-2H3,(H2,18,25);2-6,8-9,11,14H,7H2,1H3,(H2,18,25);4-5,8,11H,2H2,1,3H3,(H2,12,17);2-5,8,14-15H,1H2,(H2,10,16);2-4,7,16-18H,1H2,(H2,9,19);2-5,8,13-15H,1H2,(H2,9,16);2,4-5,8,13-14H,1H2,(H2,9,15)/t10-,12+,15+,17+;9-,11+,14+,16+;5-,8-,11-;3-,4-,5-,8-;3-,4+,7-,8-;3-,4-,5-,8-;4-,5-,8-/m0011111/s1. The number of amides is 7. The molecule has 0 unspecified atom stereocenters. The Kier molecular flexibility index (Phi) is 37.7. The first-order valence-corrected chi connectivity index (χ1v) is 45.0. The predicted molar refractivity (Wildman–Crippen MR) is 487 cm³/mol. The van der Waals surface area contributed by atoms with Crippen LogP contribution >= 0.6 is 45.2 Å². The van der Waals surface area contributed by atoms with Crippen molar-refractivity contribution in [3.8, 4) is 0 Å². The molecular formula is C76H93I2N37O30. The summed E-state index contributed by atoms with van der Waals surface area (Å²) in [6.45, 7) is 14.3. The maximum Gasteiger partial charge on any atom is 0.338 e. The monoisotopic (exact) mass is 2260 g/mol. The zero-order chi connectivity index (χ0) is 107. The van der Waals surface area contributed by atoms with Gasteiger partial charge in [0.2, 0.25) is 59.0 Å². The molecule has 67 nitrogen and oxygen atoms in total. The van der Waals surface area contributed by atoms with Gasteiger partial charge in [-0.3, -0.25) is 38.4 Å². The van der Waals surface area contributed by atoms with E-state index in [1.807, 2.05) is 52.1 Å². The third-order valence-electron chi connectivity index (χ3n) is 22.1. The van der Waals surface area contributed by atoms with Gasteiger partial charge in [-0.2, -0.15) is 0 Å². The molecule has 7 amide bonds. The number of nitrogens with two attached hydrogens (primary N) is 7. The quantitative estimate of drug-likeness (QED) is 0.00439. The number of alkyl halides is 2. The summed E-state index contributed by atoms with van der Waals surface area (Å²) in [5.41, 5.74) is 58.0. The van der Waals surface area contributed by atoms with E-state index < -0.39 is 224 Å². The van der Waals surface area contributed by atoms with Gasteiger partial charge in [-0.15, -0.1) is 35.7 Å². The van der Waals surface area contributed by atoms with E-state index in [4.69, 9.17) is 109 Å². The number of aromatic nitrogens is 21. The first kappa shape index (κ1) is 112. The molecule has 16 rings (SSSR count). The number of ether oxygens (including phenoxy) is 10. The third kappa shape index (κ3) is 25.4. The van der Waals surface area contributed by atoms with E-state index in [0.29, 0.717) is 32.2 Å². The van der Waals surface area contributed by atoms with E-state index in [2.05, 4.69) is 114 Å². The zero-order valence-corrected chi connectivity index (χ0v) is 80.2. The highest BCUT2D eigenvalue weighted by atomic mass is 127. The Balaban J connectivity index is 0.000000175. The summed E-state index contributed by atoms with van der Waals surface area (Å²) in [4.78, 5) is 147. The number of esters is 3. The number of azide groups is 3. The van der Waals surface area contributed by atoms with Crippen LogP contribution in [0.2, 0.25) is 0 Å². The molecule has 7 aromatic heterocycles. The van der Waals surface area contributed by atoms with Gasteiger partial charge >= 0.3 is 17.9 Å². The van der Waals surface area contributed by atoms with Crippen LogP contribution in [-0.4, -0.2) is 332 Å². The van der Waals surface area contributed by atoms with Crippen molar-refractivity contribution in [1.29, 1.82) is 0 Å². The lowest BCUT2D eigenvalue weighted by atomic mass is 9.93. The Bertz CT molecular complexity index is 6060. The summed E-state index contributed by atoms with van der Waals surface area (Å²) in [5, 5.41) is 133. The molecule has 0 radical (unpaired) electrons. The van der Waals surface area contributed by atoms with Gasteiger partial charge in [0.05, 0.1) is 42.1 Å². The summed E-state index contributed by atoms with van der Waals surface area (Å²) in [6.07, 6.45) is -11.9. The summed E-state index contributed by atoms with van der Waals surface area (Å²) in [5.74, 6) is -9.26. The average molecular weight is 2260 g/mol. The Morgan fingerprint density at radius 1 is 0.421 bits per heavy atom. The lowest BCUT2D eigenvalue weighted by Crippen LogP contribution is -2.44. The number of carbonyl (C=O) groups is 10. The van der Waals surface area contributed by atoms with Crippen LogP contribution in [0, 0.1) is 17.8 Å². The van der Waals surface area contributed by atoms with Gasteiger partial charge in [0.1, 0.15) is 105 Å². The topological polar surface area (TPSA) is 1010 Å². The van der Waals surface area contributed by atoms with Gasteiger partial charge in [-0.05, 0) is 47.3 Å². The second kappa shape index (κ2) is 48.8. The molecule has 14 heterocycles. The number of aliphatic hydroxyl groups excluding tert-OH is 10. The Hall–Kier alpha value is -15.0. The Morgan fingerprint density at radius 3 is 1.05 bits per heavy atom. The fourth-order valence-corrected chi connectivity index (χ4v) is 16.0. The number of hydrogen-bond acceptors (Lipinski definition) is 47. The molecule has 7 saturated heterocycles. The van der Waals surface area contributed by atoms with Crippen LogP contribution in [0.4, 0.5) is 0 Å². The van der Waals surface area contributed by atoms with Crippen LogP contribution in [-0.2, 0) is 52.2 Å². The van der Waals surface area contributed by atoms with Crippen molar-refractivity contribution in [3.05, 3.63) is 213 Å². The minimum absolute atomic E-state index is 0.0358. The molecule has 0 saturated carbocycles. The van der Waals surface area contributed by atoms with Crippen LogP contribution in [0.15, 0.2) is 145 Å². The number of aliphatic hydroxyl groups is 10. The van der Waals surface area contributed by atoms with Crippen molar-refractivity contribution in [2.45, 2.75) is 181 Å². The minimum Gasteiger partial charge on any atom is -0.469 e. The van der Waals surface area contributed by atoms with Crippen molar-refractivity contribution in [2.24, 2.45) is 73.2 Å². The molecule has 69 heteroatoms. The molecule has 24 N–H and O–H groups in total. The van der Waals surface area contributed by atoms with Crippen molar-refractivity contribution in [1.82, 2.24) is 103 Å². The minimum atomic E-state index is -2.04. The van der Waals surface area contributed by atoms with Gasteiger partial charge in [-0.1, -0.05) is 138 Å². The molecule has 7 fully saturated rings. The molecule has 7 aliphatic rings. The predicted octanol–water partition coefficient (Wildman–Crippen LogP) is -4.43. The summed E-state index contributed by atoms with van der Waals surface area (Å²) in [7, 11) is 0. The Morgan fingerprint density at radius 2 is 0.738 bits per heavy atom. The zero-order valence-electron chi connectivity index (χ0n) is 75.9. The molecule has 0 aliphatic carbocycles. The fraction of sp³-hybridized carbons (Fsp3) is 0.474. The fourth-order valence-electron chi connectivity index (χ4n) is 14.3. The highest BCUT2D eigenvalue weighted by Crippen LogP contribution is 2.48. The molecule has 2 aromatic carbocycles. The van der Waals surface area contributed by atoms with E-state index in [1.54, 1.807) is 81.4 Å². The number of carbonyl (C=O) groups excluding carboxylic acids is 10. The third-order valence-corrected chi connectivity index (χ3v) is 24.1. The molecule has 776 valence electrons. The largest absolute Gasteiger partial charge is 0.469 e. The van der Waals surface area contributed by atoms with Gasteiger partial charge in [0, 0.05) is 42.3 Å². The number of benzene rings is 2. The van der Waals surface area contributed by atoms with Crippen molar-refractivity contribution >= 4 is 104 Å². The highest BCUT2D eigenvalue weighted by Gasteiger charge is 2.59. The van der Waals surface area contributed by atoms with E-state index in [9.17, 15) is 93.9 Å². The normalized spacial score (nSPS) is 29.1. The molecule has 26 atom stereocenters. The number of halogens is 2. The number of rotatable bonds is 27. The van der Waals surface area contributed by atoms with Crippen LogP contribution in [0.1, 0.15) is 180 Å². The SMILES string of the molecule is C=C1O[C@@H](n2cnc(C(N)=O)n2)[C@H](O)[C@@H]1O.C=C1O[C@@H](n2cnc(C(N)=O)n2)[C@H](OC(C)=O)[C@@H]1C.CC[C@@]1(N=[N+]=[N-])O[C@@H](n2cnc(C(N)=O)n2)[C@H](OC(=O)c2ccccc2)[C@@H]1C.C[C@H]1[C@@H](OC(=O)c2ccccc2)[C@H](n2cnc(C(N)=O)n2)O[C@@]1(CI)N=[N+]=[N-].NC(=O)c1ncn([C@@H]2O[C@H](CI)[C@@H](O)[C@H]2O)n1.NC(=O)c1ncn([C@@H]2O[C@H](CO)[C@@H](O)[C@H]2O)n1.[N-]=[N+]=N[C@]1(CO)O[C@@H](n2cnc(C(N)=O)n2)[C@H](O)[C@@H]1O. The maximum absolute atomic E-state index is 12.6. The summed E-state index contributed by atoms with van der Waals surface area (Å²) in [6, 6.07) is 16.9. The second-order valence-corrected chi connectivity index (χ2v) is 33.0. The lowest BCUT2D eigenvalue weighted by molar-refractivity contribution is -0.153.